The van der Waals surface area contributed by atoms with Crippen molar-refractivity contribution in [1.82, 2.24) is 4.57 Å². The molecule has 0 spiro atoms. The minimum atomic E-state index is -0.0521. The van der Waals surface area contributed by atoms with E-state index in [1.165, 1.54) is 0 Å². The Morgan fingerprint density at radius 1 is 1.73 bits per heavy atom. The van der Waals surface area contributed by atoms with Crippen molar-refractivity contribution >= 4 is 33.1 Å². The first-order valence-corrected chi connectivity index (χ1v) is 5.78. The van der Waals surface area contributed by atoms with Crippen molar-refractivity contribution in [3.63, 3.8) is 0 Å². The summed E-state index contributed by atoms with van der Waals surface area (Å²) >= 11 is 8.10. The Kier molecular flexibility index (Phi) is 4.04. The largest absolute Gasteiger partial charge is 0.393 e. The van der Waals surface area contributed by atoms with Crippen LogP contribution in [0.5, 0.6) is 0 Å². The molecule has 1 rings (SSSR count). The molecule has 1 atom stereocenters. The number of nitrogens with two attached hydrogens (primary N) is 1. The fraction of sp³-hybridized carbons (Fsp3) is 0.400. The molecule has 0 saturated heterocycles. The van der Waals surface area contributed by atoms with Crippen LogP contribution in [-0.2, 0) is 6.54 Å². The Morgan fingerprint density at radius 2 is 2.33 bits per heavy atom. The fourth-order valence-electron chi connectivity index (χ4n) is 1.26. The lowest BCUT2D eigenvalue weighted by Crippen LogP contribution is -2.29. The zero-order valence-corrected chi connectivity index (χ0v) is 11.1. The van der Waals surface area contributed by atoms with Gasteiger partial charge in [0.25, 0.3) is 5.56 Å². The van der Waals surface area contributed by atoms with E-state index in [1.54, 1.807) is 10.6 Å². The molecular formula is C10H13BrN2OS. The molecule has 0 bridgehead atoms. The molecule has 1 unspecified atom stereocenters. The van der Waals surface area contributed by atoms with Crippen LogP contribution in [0, 0.1) is 12.8 Å². The Hall–Kier alpha value is -0.680. The summed E-state index contributed by atoms with van der Waals surface area (Å²) in [6.07, 6.45) is 1.81. The molecule has 0 aliphatic carbocycles. The topological polar surface area (TPSA) is 48.0 Å². The number of halogens is 1. The highest BCUT2D eigenvalue weighted by Crippen LogP contribution is 2.07. The molecule has 15 heavy (non-hydrogen) atoms. The van der Waals surface area contributed by atoms with E-state index < -0.39 is 0 Å². The summed E-state index contributed by atoms with van der Waals surface area (Å²) in [4.78, 5) is 12.1. The average molecular weight is 289 g/mol. The second kappa shape index (κ2) is 4.90. The van der Waals surface area contributed by atoms with Gasteiger partial charge in [0.05, 0.1) is 9.46 Å². The van der Waals surface area contributed by atoms with Crippen molar-refractivity contribution in [2.45, 2.75) is 20.4 Å². The van der Waals surface area contributed by atoms with E-state index >= 15 is 0 Å². The lowest BCUT2D eigenvalue weighted by atomic mass is 10.2. The number of rotatable bonds is 3. The van der Waals surface area contributed by atoms with Crippen molar-refractivity contribution in [1.29, 1.82) is 0 Å². The highest BCUT2D eigenvalue weighted by molar-refractivity contribution is 9.10. The summed E-state index contributed by atoms with van der Waals surface area (Å²) in [5, 5.41) is 0. The van der Waals surface area contributed by atoms with Gasteiger partial charge in [-0.1, -0.05) is 19.1 Å². The van der Waals surface area contributed by atoms with Gasteiger partial charge in [-0.05, 0) is 34.5 Å². The Labute approximate surface area is 102 Å². The van der Waals surface area contributed by atoms with Gasteiger partial charge in [-0.2, -0.15) is 0 Å². The van der Waals surface area contributed by atoms with Gasteiger partial charge in [0.2, 0.25) is 0 Å². The van der Waals surface area contributed by atoms with Gasteiger partial charge in [0, 0.05) is 18.7 Å². The van der Waals surface area contributed by atoms with E-state index in [1.807, 2.05) is 20.0 Å². The predicted molar refractivity (Wildman–Crippen MR) is 69.1 cm³/mol. The van der Waals surface area contributed by atoms with E-state index in [0.717, 1.165) is 5.56 Å². The third-order valence-electron chi connectivity index (χ3n) is 2.14. The lowest BCUT2D eigenvalue weighted by Gasteiger charge is -2.12. The summed E-state index contributed by atoms with van der Waals surface area (Å²) in [5.41, 5.74) is 6.49. The maximum Gasteiger partial charge on any atom is 0.264 e. The molecule has 0 aliphatic rings. The molecule has 1 aromatic rings. The van der Waals surface area contributed by atoms with Crippen LogP contribution in [0.15, 0.2) is 21.5 Å². The zero-order chi connectivity index (χ0) is 11.6. The van der Waals surface area contributed by atoms with Crippen LogP contribution < -0.4 is 11.3 Å². The van der Waals surface area contributed by atoms with E-state index in [2.05, 4.69) is 15.9 Å². The second-order valence-electron chi connectivity index (χ2n) is 3.63. The first-order chi connectivity index (χ1) is 6.91. The molecule has 0 amide bonds. The summed E-state index contributed by atoms with van der Waals surface area (Å²) in [7, 11) is 0. The minimum Gasteiger partial charge on any atom is -0.393 e. The van der Waals surface area contributed by atoms with Crippen LogP contribution in [0.1, 0.15) is 12.5 Å². The number of pyridine rings is 1. The standard InChI is InChI=1S/C10H13BrN2OS/c1-6-3-8(11)10(14)13(4-6)5-7(2)9(12)15/h3-4,7H,5H2,1-2H3,(H2,12,15). The molecule has 0 aliphatic heterocycles. The van der Waals surface area contributed by atoms with Gasteiger partial charge < -0.3 is 10.3 Å². The van der Waals surface area contributed by atoms with Gasteiger partial charge in [-0.3, -0.25) is 4.79 Å². The third-order valence-corrected chi connectivity index (χ3v) is 3.11. The maximum atomic E-state index is 11.7. The number of aromatic nitrogens is 1. The van der Waals surface area contributed by atoms with E-state index in [0.29, 0.717) is 16.0 Å². The Bertz CT molecular complexity index is 442. The van der Waals surface area contributed by atoms with Crippen LogP contribution >= 0.6 is 28.1 Å². The van der Waals surface area contributed by atoms with Crippen LogP contribution in [0.25, 0.3) is 0 Å². The molecule has 1 aromatic heterocycles. The smallest absolute Gasteiger partial charge is 0.264 e. The third kappa shape index (κ3) is 3.14. The Morgan fingerprint density at radius 3 is 2.87 bits per heavy atom. The summed E-state index contributed by atoms with van der Waals surface area (Å²) in [6.45, 7) is 4.37. The number of thiocarbonyl (C=S) groups is 1. The normalized spacial score (nSPS) is 12.5. The van der Waals surface area contributed by atoms with Crippen LogP contribution in [0.4, 0.5) is 0 Å². The van der Waals surface area contributed by atoms with Gasteiger partial charge in [0.15, 0.2) is 0 Å². The molecule has 0 saturated carbocycles. The van der Waals surface area contributed by atoms with Gasteiger partial charge in [-0.15, -0.1) is 0 Å². The van der Waals surface area contributed by atoms with E-state index in [-0.39, 0.29) is 11.5 Å². The molecular weight excluding hydrogens is 276 g/mol. The average Bonchev–Trinajstić information content (AvgIpc) is 2.13. The van der Waals surface area contributed by atoms with Crippen molar-refractivity contribution in [3.05, 3.63) is 32.7 Å². The zero-order valence-electron chi connectivity index (χ0n) is 8.66. The van der Waals surface area contributed by atoms with E-state index in [4.69, 9.17) is 18.0 Å². The number of aryl methyl sites for hydroxylation is 1. The first kappa shape index (κ1) is 12.4. The predicted octanol–water partition coefficient (Wildman–Crippen LogP) is 1.84. The lowest BCUT2D eigenvalue weighted by molar-refractivity contribution is 0.578. The van der Waals surface area contributed by atoms with Crippen LogP contribution in [0.2, 0.25) is 0 Å². The van der Waals surface area contributed by atoms with Crippen molar-refractivity contribution in [3.8, 4) is 0 Å². The summed E-state index contributed by atoms with van der Waals surface area (Å²) in [6, 6.07) is 1.80. The molecule has 2 N–H and O–H groups in total. The molecule has 0 aromatic carbocycles. The van der Waals surface area contributed by atoms with Gasteiger partial charge in [0.1, 0.15) is 0 Å². The van der Waals surface area contributed by atoms with Gasteiger partial charge in [-0.25, -0.2) is 0 Å². The molecule has 5 heteroatoms. The fourth-order valence-corrected chi connectivity index (χ4v) is 1.92. The SMILES string of the molecule is Cc1cc(Br)c(=O)n(CC(C)C(N)=S)c1. The van der Waals surface area contributed by atoms with Crippen molar-refractivity contribution < 1.29 is 0 Å². The Balaban J connectivity index is 3.05. The summed E-state index contributed by atoms with van der Waals surface area (Å²) < 4.78 is 2.20. The van der Waals surface area contributed by atoms with Crippen molar-refractivity contribution in [2.75, 3.05) is 0 Å². The number of nitrogens with zero attached hydrogens (tertiary/aromatic N) is 1. The summed E-state index contributed by atoms with van der Waals surface area (Å²) in [5.74, 6) is 0.0198. The second-order valence-corrected chi connectivity index (χ2v) is 4.95. The molecule has 0 radical (unpaired) electrons. The molecule has 82 valence electrons. The number of hydrogen-bond donors (Lipinski definition) is 1. The van der Waals surface area contributed by atoms with Crippen molar-refractivity contribution in [2.24, 2.45) is 11.7 Å². The monoisotopic (exact) mass is 288 g/mol. The quantitative estimate of drug-likeness (QED) is 0.864. The van der Waals surface area contributed by atoms with E-state index in [9.17, 15) is 4.79 Å². The molecule has 1 heterocycles. The highest BCUT2D eigenvalue weighted by Gasteiger charge is 2.09. The van der Waals surface area contributed by atoms with Crippen LogP contribution in [-0.4, -0.2) is 9.56 Å². The molecule has 3 nitrogen and oxygen atoms in total. The molecule has 0 fully saturated rings. The highest BCUT2D eigenvalue weighted by atomic mass is 79.9. The minimum absolute atomic E-state index is 0.0198. The maximum absolute atomic E-state index is 11.7. The first-order valence-electron chi connectivity index (χ1n) is 4.57. The van der Waals surface area contributed by atoms with Gasteiger partial charge >= 0.3 is 0 Å². The number of hydrogen-bond acceptors (Lipinski definition) is 2. The van der Waals surface area contributed by atoms with Crippen LogP contribution in [0.3, 0.4) is 0 Å².